The van der Waals surface area contributed by atoms with Crippen LogP contribution in [0.2, 0.25) is 0 Å². The van der Waals surface area contributed by atoms with Crippen LogP contribution in [0.15, 0.2) is 48.5 Å². The fourth-order valence-corrected chi connectivity index (χ4v) is 2.47. The summed E-state index contributed by atoms with van der Waals surface area (Å²) in [4.78, 5) is 12.4. The number of aromatic amines is 1. The molecule has 0 bridgehead atoms. The van der Waals surface area contributed by atoms with Gasteiger partial charge in [-0.15, -0.1) is 0 Å². The van der Waals surface area contributed by atoms with Gasteiger partial charge in [-0.1, -0.05) is 30.3 Å². The number of nitrogens with zero attached hydrogens (tertiary/aromatic N) is 1. The maximum atomic E-state index is 12.8. The summed E-state index contributed by atoms with van der Waals surface area (Å²) < 4.78 is 38.4. The van der Waals surface area contributed by atoms with E-state index in [1.54, 1.807) is 31.2 Å². The molecule has 0 radical (unpaired) electrons. The number of hydrogen-bond donors (Lipinski definition) is 2. The molecule has 1 atom stereocenters. The topological polar surface area (TPSA) is 57.8 Å². The highest BCUT2D eigenvalue weighted by Crippen LogP contribution is 2.30. The lowest BCUT2D eigenvalue weighted by molar-refractivity contribution is -0.137. The van der Waals surface area contributed by atoms with Gasteiger partial charge in [0.1, 0.15) is 0 Å². The number of alkyl halides is 3. The smallest absolute Gasteiger partial charge is 0.344 e. The number of nitrogens with one attached hydrogen (secondary N) is 2. The van der Waals surface area contributed by atoms with Crippen molar-refractivity contribution in [2.24, 2.45) is 0 Å². The van der Waals surface area contributed by atoms with Gasteiger partial charge in [-0.2, -0.15) is 18.3 Å². The highest BCUT2D eigenvalue weighted by atomic mass is 19.4. The normalized spacial score (nSPS) is 13.0. The van der Waals surface area contributed by atoms with E-state index in [0.717, 1.165) is 17.6 Å². The number of halogens is 3. The van der Waals surface area contributed by atoms with E-state index >= 15 is 0 Å². The van der Waals surface area contributed by atoms with E-state index in [4.69, 9.17) is 0 Å². The van der Waals surface area contributed by atoms with Crippen molar-refractivity contribution < 1.29 is 18.0 Å². The van der Waals surface area contributed by atoms with Crippen molar-refractivity contribution in [3.05, 3.63) is 65.4 Å². The summed E-state index contributed by atoms with van der Waals surface area (Å²) in [5.74, 6) is -0.447. The second-order valence-corrected chi connectivity index (χ2v) is 5.44. The van der Waals surface area contributed by atoms with Crippen molar-refractivity contribution in [2.75, 3.05) is 0 Å². The van der Waals surface area contributed by atoms with Gasteiger partial charge < -0.3 is 5.32 Å². The molecule has 0 aliphatic heterocycles. The molecule has 0 aliphatic rings. The third-order valence-electron chi connectivity index (χ3n) is 3.75. The lowest BCUT2D eigenvalue weighted by Gasteiger charge is -2.15. The first-order valence-corrected chi connectivity index (χ1v) is 7.27. The van der Waals surface area contributed by atoms with Crippen molar-refractivity contribution in [3.8, 4) is 0 Å². The van der Waals surface area contributed by atoms with E-state index < -0.39 is 23.7 Å². The summed E-state index contributed by atoms with van der Waals surface area (Å²) in [6.45, 7) is 1.63. The third-order valence-corrected chi connectivity index (χ3v) is 3.75. The molecule has 3 rings (SSSR count). The van der Waals surface area contributed by atoms with Gasteiger partial charge in [0.2, 0.25) is 0 Å². The number of H-pyrrole nitrogens is 1. The summed E-state index contributed by atoms with van der Waals surface area (Å²) in [5, 5.41) is 10.1. The van der Waals surface area contributed by atoms with Gasteiger partial charge in [0.05, 0.1) is 17.1 Å². The zero-order chi connectivity index (χ0) is 17.3. The maximum absolute atomic E-state index is 12.8. The predicted octanol–water partition coefficient (Wildman–Crippen LogP) is 4.07. The van der Waals surface area contributed by atoms with Crippen LogP contribution in [0.5, 0.6) is 0 Å². The van der Waals surface area contributed by atoms with Crippen LogP contribution in [0.25, 0.3) is 10.9 Å². The first kappa shape index (κ1) is 16.0. The van der Waals surface area contributed by atoms with E-state index in [0.29, 0.717) is 10.9 Å². The molecule has 2 N–H and O–H groups in total. The highest BCUT2D eigenvalue weighted by molar-refractivity contribution is 6.04. The molecule has 0 unspecified atom stereocenters. The van der Waals surface area contributed by atoms with E-state index in [1.165, 1.54) is 6.07 Å². The van der Waals surface area contributed by atoms with E-state index in [1.807, 2.05) is 6.07 Å². The number of hydrogen-bond acceptors (Lipinski definition) is 2. The van der Waals surface area contributed by atoms with Crippen molar-refractivity contribution >= 4 is 16.8 Å². The Hall–Kier alpha value is -2.83. The number of rotatable bonds is 3. The maximum Gasteiger partial charge on any atom is 0.416 e. The number of aromatic nitrogens is 2. The van der Waals surface area contributed by atoms with Gasteiger partial charge in [0.15, 0.2) is 5.69 Å². The summed E-state index contributed by atoms with van der Waals surface area (Å²) in [6.07, 6.45) is -4.42. The van der Waals surface area contributed by atoms with E-state index in [-0.39, 0.29) is 5.69 Å². The number of para-hydroxylation sites is 1. The Balaban J connectivity index is 1.82. The lowest BCUT2D eigenvalue weighted by Crippen LogP contribution is -2.27. The molecular formula is C17H14F3N3O. The fourth-order valence-electron chi connectivity index (χ4n) is 2.47. The van der Waals surface area contributed by atoms with E-state index in [2.05, 4.69) is 15.5 Å². The molecule has 0 saturated carbocycles. The molecule has 1 aromatic heterocycles. The van der Waals surface area contributed by atoms with Gasteiger partial charge in [-0.05, 0) is 30.7 Å². The fraction of sp³-hybridized carbons (Fsp3) is 0.176. The van der Waals surface area contributed by atoms with Gasteiger partial charge in [0, 0.05) is 5.39 Å². The molecule has 3 aromatic rings. The van der Waals surface area contributed by atoms with Crippen LogP contribution < -0.4 is 5.32 Å². The molecular weight excluding hydrogens is 319 g/mol. The summed E-state index contributed by atoms with van der Waals surface area (Å²) >= 11 is 0. The molecule has 2 aromatic carbocycles. The number of carbonyl (C=O) groups is 1. The summed E-state index contributed by atoms with van der Waals surface area (Å²) in [6, 6.07) is 11.5. The first-order valence-electron chi connectivity index (χ1n) is 7.27. The minimum atomic E-state index is -4.42. The van der Waals surface area contributed by atoms with Crippen molar-refractivity contribution in [1.29, 1.82) is 0 Å². The Labute approximate surface area is 135 Å². The van der Waals surface area contributed by atoms with Gasteiger partial charge in [0.25, 0.3) is 5.91 Å². The Morgan fingerprint density at radius 3 is 2.67 bits per heavy atom. The number of benzene rings is 2. The van der Waals surface area contributed by atoms with Crippen LogP contribution >= 0.6 is 0 Å². The number of fused-ring (bicyclic) bond motifs is 1. The molecule has 24 heavy (non-hydrogen) atoms. The molecule has 0 saturated heterocycles. The number of carbonyl (C=O) groups excluding carboxylic acids is 1. The average Bonchev–Trinajstić information content (AvgIpc) is 2.98. The minimum Gasteiger partial charge on any atom is -0.344 e. The van der Waals surface area contributed by atoms with Crippen molar-refractivity contribution in [2.45, 2.75) is 19.1 Å². The Morgan fingerprint density at radius 2 is 1.92 bits per heavy atom. The molecule has 0 fully saturated rings. The SMILES string of the molecule is C[C@H](NC(=O)c1n[nH]c2ccccc12)c1cccc(C(F)(F)F)c1. The first-order chi connectivity index (χ1) is 11.4. The van der Waals surface area contributed by atoms with Gasteiger partial charge in [-0.3, -0.25) is 9.89 Å². The van der Waals surface area contributed by atoms with Crippen molar-refractivity contribution in [1.82, 2.24) is 15.5 Å². The highest BCUT2D eigenvalue weighted by Gasteiger charge is 2.30. The molecule has 7 heteroatoms. The molecule has 0 aliphatic carbocycles. The number of amides is 1. The van der Waals surface area contributed by atoms with Gasteiger partial charge in [-0.25, -0.2) is 0 Å². The molecule has 1 amide bonds. The second kappa shape index (κ2) is 5.99. The van der Waals surface area contributed by atoms with Gasteiger partial charge >= 0.3 is 6.18 Å². The predicted molar refractivity (Wildman–Crippen MR) is 83.4 cm³/mol. The Bertz CT molecular complexity index is 886. The van der Waals surface area contributed by atoms with Crippen LogP contribution in [0, 0.1) is 0 Å². The molecule has 124 valence electrons. The summed E-state index contributed by atoms with van der Waals surface area (Å²) in [5.41, 5.74) is 0.558. The molecule has 1 heterocycles. The monoisotopic (exact) mass is 333 g/mol. The summed E-state index contributed by atoms with van der Waals surface area (Å²) in [7, 11) is 0. The van der Waals surface area contributed by atoms with E-state index in [9.17, 15) is 18.0 Å². The largest absolute Gasteiger partial charge is 0.416 e. The second-order valence-electron chi connectivity index (χ2n) is 5.44. The van der Waals surface area contributed by atoms with Crippen LogP contribution in [0.3, 0.4) is 0 Å². The standard InChI is InChI=1S/C17H14F3N3O/c1-10(11-5-4-6-12(9-11)17(18,19)20)21-16(24)15-13-7-2-3-8-14(13)22-23-15/h2-10H,1H3,(H,21,24)(H,22,23)/t10-/m0/s1. The Morgan fingerprint density at radius 1 is 1.17 bits per heavy atom. The third kappa shape index (κ3) is 3.10. The minimum absolute atomic E-state index is 0.212. The van der Waals surface area contributed by atoms with Crippen LogP contribution in [0.4, 0.5) is 13.2 Å². The Kier molecular flexibility index (Phi) is 4.01. The zero-order valence-corrected chi connectivity index (χ0v) is 12.7. The molecule has 0 spiro atoms. The quantitative estimate of drug-likeness (QED) is 0.759. The zero-order valence-electron chi connectivity index (χ0n) is 12.7. The van der Waals surface area contributed by atoms with Crippen LogP contribution in [0.1, 0.15) is 34.6 Å². The van der Waals surface area contributed by atoms with Crippen molar-refractivity contribution in [3.63, 3.8) is 0 Å². The molecule has 4 nitrogen and oxygen atoms in total. The van der Waals surface area contributed by atoms with Crippen LogP contribution in [-0.4, -0.2) is 16.1 Å². The van der Waals surface area contributed by atoms with Crippen LogP contribution in [-0.2, 0) is 6.18 Å². The lowest BCUT2D eigenvalue weighted by atomic mass is 10.0. The average molecular weight is 333 g/mol.